The van der Waals surface area contributed by atoms with Gasteiger partial charge in [0.15, 0.2) is 10.1 Å². The van der Waals surface area contributed by atoms with E-state index in [0.717, 1.165) is 11.1 Å². The summed E-state index contributed by atoms with van der Waals surface area (Å²) in [6, 6.07) is 20.0. The van der Waals surface area contributed by atoms with E-state index in [0.29, 0.717) is 0 Å². The topological polar surface area (TPSA) is 57.2 Å². The number of alkyl halides is 3. The van der Waals surface area contributed by atoms with Crippen LogP contribution in [0.3, 0.4) is 0 Å². The summed E-state index contributed by atoms with van der Waals surface area (Å²) in [6.07, 6.45) is 1.50. The van der Waals surface area contributed by atoms with Crippen LogP contribution < -0.4 is 0 Å². The fraction of sp³-hybridized carbons (Fsp3) is 0.214. The van der Waals surface area contributed by atoms with Gasteiger partial charge in [-0.1, -0.05) is 82.9 Å². The van der Waals surface area contributed by atoms with Gasteiger partial charge in [0.1, 0.15) is 0 Å². The molecule has 2 aromatic rings. The van der Waals surface area contributed by atoms with Crippen molar-refractivity contribution in [2.75, 3.05) is 0 Å². The summed E-state index contributed by atoms with van der Waals surface area (Å²) in [6.45, 7) is 17.5. The van der Waals surface area contributed by atoms with Crippen LogP contribution in [0.5, 0.6) is 0 Å². The molecule has 2 aromatic carbocycles. The van der Waals surface area contributed by atoms with E-state index in [4.69, 9.17) is 13.0 Å². The minimum absolute atomic E-state index is 0. The quantitative estimate of drug-likeness (QED) is 0.170. The first-order chi connectivity index (χ1) is 16.2. The summed E-state index contributed by atoms with van der Waals surface area (Å²) < 4.78 is 58.9. The second-order valence-electron chi connectivity index (χ2n) is 7.30. The molecule has 0 aromatic heterocycles. The molecule has 0 spiro atoms. The largest absolute Gasteiger partial charge is 0.741 e. The fourth-order valence-electron chi connectivity index (χ4n) is 2.59. The summed E-state index contributed by atoms with van der Waals surface area (Å²) in [5.74, 6) is 13.6. The molecule has 0 N–H and O–H groups in total. The summed E-state index contributed by atoms with van der Waals surface area (Å²) >= 11 is 0. The molecule has 0 unspecified atom stereocenters. The molecular weight excluding hydrogens is 666 g/mol. The second-order valence-corrected chi connectivity index (χ2v) is 8.67. The van der Waals surface area contributed by atoms with Crippen molar-refractivity contribution in [2.24, 2.45) is 0 Å². The van der Waals surface area contributed by atoms with E-state index in [1.807, 2.05) is 60.7 Å². The molecule has 0 aliphatic heterocycles. The van der Waals surface area contributed by atoms with E-state index in [9.17, 15) is 13.2 Å². The molecular formula is C28H30F3IrO3S-. The molecule has 0 amide bonds. The molecule has 0 heterocycles. The smallest absolute Gasteiger partial charge is 0.485 e. The van der Waals surface area contributed by atoms with E-state index in [1.54, 1.807) is 0 Å². The van der Waals surface area contributed by atoms with Gasteiger partial charge in [-0.3, -0.25) is 0 Å². The van der Waals surface area contributed by atoms with Crippen LogP contribution in [0.4, 0.5) is 13.2 Å². The molecule has 9 radical (unpaired) electrons. The maximum Gasteiger partial charge on any atom is 0.485 e. The van der Waals surface area contributed by atoms with Crippen molar-refractivity contribution in [2.45, 2.75) is 40.1 Å². The number of hydrogen-bond acceptors (Lipinski definition) is 3. The Hall–Kier alpha value is -1.65. The summed E-state index contributed by atoms with van der Waals surface area (Å²) in [7, 11) is -6.09. The standard InChI is InChI=1S/C14H10.C10H15.C3H5.CHF3O3S.Ir/c1-3-7-13(8-4-1)11-12-14-9-5-2-6-10-14;1-6-7(2)9(4)10(5)8(6)3;1-3-2;2-1(3,4)8(5,6)7;/h1-10H;1-5H3;3H,1-2H2;(H,5,6,7);/p-1. The Bertz CT molecular complexity index is 913. The fourth-order valence-corrected chi connectivity index (χ4v) is 2.59. The third kappa shape index (κ3) is 13.6. The molecule has 1 saturated carbocycles. The molecule has 8 heteroatoms. The summed E-state index contributed by atoms with van der Waals surface area (Å²) in [4.78, 5) is 0. The van der Waals surface area contributed by atoms with Crippen molar-refractivity contribution in [3.8, 4) is 11.8 Å². The molecule has 0 atom stereocenters. The van der Waals surface area contributed by atoms with Gasteiger partial charge in [0.05, 0.1) is 0 Å². The van der Waals surface area contributed by atoms with Crippen molar-refractivity contribution in [1.29, 1.82) is 0 Å². The molecule has 3 nitrogen and oxygen atoms in total. The third-order valence-electron chi connectivity index (χ3n) is 4.99. The van der Waals surface area contributed by atoms with Gasteiger partial charge in [0.25, 0.3) is 0 Å². The maximum absolute atomic E-state index is 10.7. The first kappa shape index (κ1) is 36.5. The molecule has 0 bridgehead atoms. The maximum atomic E-state index is 10.7. The summed E-state index contributed by atoms with van der Waals surface area (Å²) in [5.41, 5.74) is -3.54. The number of benzene rings is 2. The minimum Gasteiger partial charge on any atom is -0.741 e. The zero-order valence-electron chi connectivity index (χ0n) is 20.9. The van der Waals surface area contributed by atoms with Crippen molar-refractivity contribution in [3.63, 3.8) is 0 Å². The van der Waals surface area contributed by atoms with Crippen LogP contribution in [0.1, 0.15) is 45.7 Å². The zero-order valence-corrected chi connectivity index (χ0v) is 24.1. The molecule has 36 heavy (non-hydrogen) atoms. The van der Waals surface area contributed by atoms with E-state index in [1.165, 1.54) is 36.0 Å². The molecule has 3 rings (SSSR count). The van der Waals surface area contributed by atoms with Crippen LogP contribution in [0.2, 0.25) is 0 Å². The van der Waals surface area contributed by atoms with Crippen molar-refractivity contribution in [3.05, 3.63) is 122 Å². The van der Waals surface area contributed by atoms with Crippen LogP contribution in [-0.4, -0.2) is 18.5 Å². The van der Waals surface area contributed by atoms with Crippen molar-refractivity contribution < 1.29 is 46.2 Å². The Morgan fingerprint density at radius 2 is 0.889 bits per heavy atom. The summed E-state index contributed by atoms with van der Waals surface area (Å²) in [5, 5.41) is 0. The van der Waals surface area contributed by atoms with Gasteiger partial charge >= 0.3 is 5.51 Å². The molecule has 197 valence electrons. The van der Waals surface area contributed by atoms with Gasteiger partial charge < -0.3 is 4.55 Å². The van der Waals surface area contributed by atoms with Gasteiger partial charge in [-0.15, -0.1) is 0 Å². The Balaban J connectivity index is 0. The van der Waals surface area contributed by atoms with Crippen LogP contribution in [0, 0.1) is 61.7 Å². The van der Waals surface area contributed by atoms with Crippen LogP contribution in [0.15, 0.2) is 60.7 Å². The molecule has 0 saturated heterocycles. The zero-order chi connectivity index (χ0) is 27.2. The monoisotopic (exact) mass is 696 g/mol. The van der Waals surface area contributed by atoms with Crippen molar-refractivity contribution in [1.82, 2.24) is 0 Å². The van der Waals surface area contributed by atoms with Gasteiger partial charge in [0.2, 0.25) is 0 Å². The third-order valence-corrected chi connectivity index (χ3v) is 5.56. The predicted molar refractivity (Wildman–Crippen MR) is 134 cm³/mol. The van der Waals surface area contributed by atoms with Crippen LogP contribution >= 0.6 is 0 Å². The SMILES string of the molecule is C(#Cc1ccccc1)c1ccccc1.C[C]1[C](C)[C](C)[C](C)[C]1C.O=S(=O)([O-])C(F)(F)F.[CH2][CH][CH2].[Ir]. The normalized spacial score (nSPS) is 15.0. The predicted octanol–water partition coefficient (Wildman–Crippen LogP) is 6.97. The van der Waals surface area contributed by atoms with E-state index >= 15 is 0 Å². The van der Waals surface area contributed by atoms with Gasteiger partial charge in [-0.25, -0.2) is 8.42 Å². The molecule has 1 aliphatic rings. The van der Waals surface area contributed by atoms with E-state index in [2.05, 4.69) is 60.3 Å². The Morgan fingerprint density at radius 1 is 0.694 bits per heavy atom. The van der Waals surface area contributed by atoms with Gasteiger partial charge in [0, 0.05) is 31.2 Å². The first-order valence-corrected chi connectivity index (χ1v) is 11.8. The van der Waals surface area contributed by atoms with Crippen LogP contribution in [0.25, 0.3) is 0 Å². The molecule has 1 aliphatic carbocycles. The van der Waals surface area contributed by atoms with Crippen LogP contribution in [-0.2, 0) is 30.2 Å². The van der Waals surface area contributed by atoms with Gasteiger partial charge in [-0.2, -0.15) is 13.2 Å². The number of halogens is 3. The Morgan fingerprint density at radius 3 is 1.06 bits per heavy atom. The number of hydrogen-bond donors (Lipinski definition) is 0. The Labute approximate surface area is 229 Å². The van der Waals surface area contributed by atoms with E-state index in [-0.39, 0.29) is 20.1 Å². The van der Waals surface area contributed by atoms with E-state index < -0.39 is 15.6 Å². The minimum atomic E-state index is -6.09. The average molecular weight is 696 g/mol. The van der Waals surface area contributed by atoms with Gasteiger partial charge in [-0.05, 0) is 74.1 Å². The van der Waals surface area contributed by atoms with Crippen molar-refractivity contribution >= 4 is 10.1 Å². The second kappa shape index (κ2) is 17.7. The first-order valence-electron chi connectivity index (χ1n) is 10.4. The molecule has 1 fully saturated rings. The average Bonchev–Trinajstić information content (AvgIpc) is 2.97. The number of rotatable bonds is 0. The Kier molecular flexibility index (Phi) is 18.0.